The summed E-state index contributed by atoms with van der Waals surface area (Å²) >= 11 is 5.55. The Balaban J connectivity index is 3.22. The second-order valence-corrected chi connectivity index (χ2v) is 3.59. The Kier molecular flexibility index (Phi) is 3.62. The smallest absolute Gasteiger partial charge is 0.374 e. The van der Waals surface area contributed by atoms with E-state index in [4.69, 9.17) is 16.7 Å². The number of nitro benzene ring substituents is 1. The van der Waals surface area contributed by atoms with Crippen LogP contribution < -0.4 is 0 Å². The molecule has 0 unspecified atom stereocenters. The van der Waals surface area contributed by atoms with Gasteiger partial charge in [-0.2, -0.15) is 8.78 Å². The highest BCUT2D eigenvalue weighted by molar-refractivity contribution is 6.31. The molecule has 0 aliphatic heterocycles. The van der Waals surface area contributed by atoms with Crippen LogP contribution in [0, 0.1) is 10.1 Å². The summed E-state index contributed by atoms with van der Waals surface area (Å²) in [6, 6.07) is 3.39. The maximum absolute atomic E-state index is 13.0. The predicted octanol–water partition coefficient (Wildman–Crippen LogP) is 2.51. The van der Waals surface area contributed by atoms with E-state index in [-0.39, 0.29) is 5.02 Å². The number of hydrogen-bond donors (Lipinski definition) is 1. The van der Waals surface area contributed by atoms with E-state index in [1.807, 2.05) is 0 Å². The molecule has 5 nitrogen and oxygen atoms in total. The number of nitro groups is 1. The molecule has 0 heterocycles. The lowest BCUT2D eigenvalue weighted by Crippen LogP contribution is -2.31. The Labute approximate surface area is 98.8 Å². The Morgan fingerprint density at radius 2 is 2.12 bits per heavy atom. The van der Waals surface area contributed by atoms with Crippen molar-refractivity contribution in [1.29, 1.82) is 0 Å². The zero-order chi connectivity index (χ0) is 13.2. The number of halogens is 3. The molecule has 0 atom stereocenters. The number of alkyl halides is 2. The third kappa shape index (κ3) is 2.88. The fourth-order valence-corrected chi connectivity index (χ4v) is 1.43. The number of carbonyl (C=O) groups is 1. The Hall–Kier alpha value is -1.76. The van der Waals surface area contributed by atoms with Crippen molar-refractivity contribution in [2.45, 2.75) is 12.3 Å². The second kappa shape index (κ2) is 4.62. The van der Waals surface area contributed by atoms with Gasteiger partial charge in [-0.25, -0.2) is 4.79 Å². The summed E-state index contributed by atoms with van der Waals surface area (Å²) < 4.78 is 25.9. The lowest BCUT2D eigenvalue weighted by atomic mass is 10.1. The van der Waals surface area contributed by atoms with Crippen molar-refractivity contribution in [1.82, 2.24) is 0 Å². The van der Waals surface area contributed by atoms with E-state index in [2.05, 4.69) is 0 Å². The molecule has 1 aromatic carbocycles. The maximum Gasteiger partial charge on any atom is 0.374 e. The Bertz CT molecular complexity index is 478. The molecule has 17 heavy (non-hydrogen) atoms. The molecule has 8 heteroatoms. The van der Waals surface area contributed by atoms with Gasteiger partial charge in [-0.3, -0.25) is 10.1 Å². The van der Waals surface area contributed by atoms with E-state index in [9.17, 15) is 23.7 Å². The lowest BCUT2D eigenvalue weighted by molar-refractivity contribution is -0.385. The SMILES string of the molecule is O=C(O)C(F)(F)Cc1c(Cl)cccc1[N+](=O)[O-]. The number of carboxylic acids is 1. The van der Waals surface area contributed by atoms with E-state index in [0.717, 1.165) is 6.07 Å². The fraction of sp³-hybridized carbons (Fsp3) is 0.222. The predicted molar refractivity (Wildman–Crippen MR) is 54.4 cm³/mol. The molecular weight excluding hydrogens is 260 g/mol. The summed E-state index contributed by atoms with van der Waals surface area (Å²) in [5.41, 5.74) is -1.12. The van der Waals surface area contributed by atoms with Gasteiger partial charge >= 0.3 is 11.9 Å². The summed E-state index contributed by atoms with van der Waals surface area (Å²) in [4.78, 5) is 19.9. The molecule has 0 aliphatic carbocycles. The van der Waals surface area contributed by atoms with Crippen LogP contribution in [0.25, 0.3) is 0 Å². The van der Waals surface area contributed by atoms with Crippen LogP contribution in [-0.2, 0) is 11.2 Å². The van der Waals surface area contributed by atoms with Crippen LogP contribution in [0.2, 0.25) is 5.02 Å². The first-order valence-corrected chi connectivity index (χ1v) is 4.66. The van der Waals surface area contributed by atoms with E-state index >= 15 is 0 Å². The van der Waals surface area contributed by atoms with Crippen LogP contribution in [0.1, 0.15) is 5.56 Å². The van der Waals surface area contributed by atoms with Crippen molar-refractivity contribution in [3.63, 3.8) is 0 Å². The van der Waals surface area contributed by atoms with E-state index in [1.54, 1.807) is 0 Å². The molecule has 0 fully saturated rings. The Morgan fingerprint density at radius 3 is 2.59 bits per heavy atom. The van der Waals surface area contributed by atoms with Crippen molar-refractivity contribution in [3.8, 4) is 0 Å². The minimum absolute atomic E-state index is 0.264. The molecule has 0 spiro atoms. The third-order valence-electron chi connectivity index (χ3n) is 2.00. The van der Waals surface area contributed by atoms with Crippen LogP contribution in [0.5, 0.6) is 0 Å². The lowest BCUT2D eigenvalue weighted by Gasteiger charge is -2.12. The van der Waals surface area contributed by atoms with Crippen molar-refractivity contribution in [3.05, 3.63) is 38.9 Å². The minimum Gasteiger partial charge on any atom is -0.477 e. The van der Waals surface area contributed by atoms with Crippen molar-refractivity contribution in [2.24, 2.45) is 0 Å². The van der Waals surface area contributed by atoms with Gasteiger partial charge in [0.15, 0.2) is 0 Å². The number of benzene rings is 1. The monoisotopic (exact) mass is 265 g/mol. The zero-order valence-electron chi connectivity index (χ0n) is 8.19. The van der Waals surface area contributed by atoms with Gasteiger partial charge < -0.3 is 5.11 Å². The van der Waals surface area contributed by atoms with Gasteiger partial charge in [-0.05, 0) is 6.07 Å². The average molecular weight is 266 g/mol. The number of carboxylic acid groups (broad SMARTS) is 1. The van der Waals surface area contributed by atoms with Crippen molar-refractivity contribution in [2.75, 3.05) is 0 Å². The molecule has 0 amide bonds. The first kappa shape index (κ1) is 13.3. The first-order chi connectivity index (χ1) is 7.75. The Morgan fingerprint density at radius 1 is 1.53 bits per heavy atom. The second-order valence-electron chi connectivity index (χ2n) is 3.18. The fourth-order valence-electron chi connectivity index (χ4n) is 1.19. The molecule has 0 radical (unpaired) electrons. The van der Waals surface area contributed by atoms with Gasteiger partial charge in [0, 0.05) is 6.07 Å². The molecule has 1 rings (SSSR count). The zero-order valence-corrected chi connectivity index (χ0v) is 8.95. The first-order valence-electron chi connectivity index (χ1n) is 4.28. The number of hydrogen-bond acceptors (Lipinski definition) is 3. The third-order valence-corrected chi connectivity index (χ3v) is 2.36. The normalized spacial score (nSPS) is 11.2. The highest BCUT2D eigenvalue weighted by Crippen LogP contribution is 2.32. The molecule has 0 aliphatic rings. The molecular formula is C9H6ClF2NO4. The maximum atomic E-state index is 13.0. The van der Waals surface area contributed by atoms with Crippen LogP contribution >= 0.6 is 11.6 Å². The quantitative estimate of drug-likeness (QED) is 0.670. The van der Waals surface area contributed by atoms with Gasteiger partial charge in [0.25, 0.3) is 5.69 Å². The summed E-state index contributed by atoms with van der Waals surface area (Å²) in [5, 5.41) is 18.6. The molecule has 92 valence electrons. The standard InChI is InChI=1S/C9H6ClF2NO4/c10-6-2-1-3-7(13(16)17)5(6)4-9(11,12)8(14)15/h1-3H,4H2,(H,14,15). The van der Waals surface area contributed by atoms with Crippen LogP contribution in [-0.4, -0.2) is 21.9 Å². The van der Waals surface area contributed by atoms with Crippen LogP contribution in [0.3, 0.4) is 0 Å². The minimum atomic E-state index is -4.10. The summed E-state index contributed by atoms with van der Waals surface area (Å²) in [5.74, 6) is -6.46. The van der Waals surface area contributed by atoms with Gasteiger partial charge in [-0.1, -0.05) is 17.7 Å². The van der Waals surface area contributed by atoms with Gasteiger partial charge in [0.2, 0.25) is 0 Å². The summed E-state index contributed by atoms with van der Waals surface area (Å²) in [6.45, 7) is 0. The number of aliphatic carboxylic acids is 1. The van der Waals surface area contributed by atoms with E-state index in [0.29, 0.717) is 0 Å². The molecule has 0 saturated heterocycles. The van der Waals surface area contributed by atoms with E-state index in [1.165, 1.54) is 12.1 Å². The topological polar surface area (TPSA) is 80.4 Å². The van der Waals surface area contributed by atoms with Crippen molar-refractivity contribution >= 4 is 23.3 Å². The average Bonchev–Trinajstić information content (AvgIpc) is 2.20. The molecule has 0 saturated carbocycles. The molecule has 1 N–H and O–H groups in total. The summed E-state index contributed by atoms with van der Waals surface area (Å²) in [7, 11) is 0. The molecule has 1 aromatic rings. The number of rotatable bonds is 4. The van der Waals surface area contributed by atoms with Gasteiger partial charge in [0.1, 0.15) is 0 Å². The van der Waals surface area contributed by atoms with Crippen molar-refractivity contribution < 1.29 is 23.6 Å². The molecule has 0 aromatic heterocycles. The number of nitrogens with zero attached hydrogens (tertiary/aromatic N) is 1. The van der Waals surface area contributed by atoms with Gasteiger partial charge in [-0.15, -0.1) is 0 Å². The molecule has 0 bridgehead atoms. The summed E-state index contributed by atoms with van der Waals surface area (Å²) in [6.07, 6.45) is -1.32. The highest BCUT2D eigenvalue weighted by atomic mass is 35.5. The van der Waals surface area contributed by atoms with Crippen LogP contribution in [0.4, 0.5) is 14.5 Å². The largest absolute Gasteiger partial charge is 0.477 e. The van der Waals surface area contributed by atoms with Crippen LogP contribution in [0.15, 0.2) is 18.2 Å². The van der Waals surface area contributed by atoms with E-state index < -0.39 is 34.5 Å². The van der Waals surface area contributed by atoms with Gasteiger partial charge in [0.05, 0.1) is 21.9 Å². The highest BCUT2D eigenvalue weighted by Gasteiger charge is 2.41.